The van der Waals surface area contributed by atoms with Gasteiger partial charge < -0.3 is 15.2 Å². The second kappa shape index (κ2) is 7.29. The maximum absolute atomic E-state index is 13.5. The summed E-state index contributed by atoms with van der Waals surface area (Å²) < 4.78 is 19.0. The van der Waals surface area contributed by atoms with Crippen LogP contribution in [-0.4, -0.2) is 24.4 Å². The van der Waals surface area contributed by atoms with E-state index in [0.717, 1.165) is 5.56 Å². The van der Waals surface area contributed by atoms with Crippen LogP contribution in [0.25, 0.3) is 0 Å². The topological polar surface area (TPSA) is 41.5 Å². The van der Waals surface area contributed by atoms with Gasteiger partial charge >= 0.3 is 0 Å². The Kier molecular flexibility index (Phi) is 5.42. The largest absolute Gasteiger partial charge is 0.491 e. The fourth-order valence-electron chi connectivity index (χ4n) is 1.84. The number of hydrogen-bond acceptors (Lipinski definition) is 3. The van der Waals surface area contributed by atoms with Gasteiger partial charge in [-0.1, -0.05) is 29.8 Å². The van der Waals surface area contributed by atoms with Crippen LogP contribution in [0.1, 0.15) is 5.56 Å². The zero-order valence-electron chi connectivity index (χ0n) is 11.6. The van der Waals surface area contributed by atoms with Crippen molar-refractivity contribution in [1.29, 1.82) is 0 Å². The van der Waals surface area contributed by atoms with E-state index in [1.54, 1.807) is 6.07 Å². The standard InChI is InChI=1S/C16H17ClFNO2/c1-11-4-2-5-13(8-11)21-10-12(20)9-19-16-14(17)6-3-7-15(16)18/h2-8,12,19-20H,9-10H2,1H3. The van der Waals surface area contributed by atoms with Crippen molar-refractivity contribution in [2.75, 3.05) is 18.5 Å². The molecule has 0 aliphatic carbocycles. The van der Waals surface area contributed by atoms with E-state index >= 15 is 0 Å². The van der Waals surface area contributed by atoms with E-state index in [9.17, 15) is 9.50 Å². The van der Waals surface area contributed by atoms with E-state index < -0.39 is 11.9 Å². The number of ether oxygens (including phenoxy) is 1. The molecule has 2 rings (SSSR count). The number of anilines is 1. The molecule has 0 radical (unpaired) electrons. The van der Waals surface area contributed by atoms with E-state index in [1.165, 1.54) is 12.1 Å². The van der Waals surface area contributed by atoms with Gasteiger partial charge in [0, 0.05) is 6.54 Å². The van der Waals surface area contributed by atoms with E-state index in [-0.39, 0.29) is 23.9 Å². The average Bonchev–Trinajstić information content (AvgIpc) is 2.45. The van der Waals surface area contributed by atoms with Gasteiger partial charge in [-0.3, -0.25) is 0 Å². The summed E-state index contributed by atoms with van der Waals surface area (Å²) in [5.74, 6) is 0.243. The van der Waals surface area contributed by atoms with Crippen LogP contribution >= 0.6 is 11.6 Å². The van der Waals surface area contributed by atoms with Crippen molar-refractivity contribution in [1.82, 2.24) is 0 Å². The molecule has 21 heavy (non-hydrogen) atoms. The number of aliphatic hydroxyl groups is 1. The molecule has 1 unspecified atom stereocenters. The molecule has 2 aromatic rings. The van der Waals surface area contributed by atoms with Gasteiger partial charge in [0.15, 0.2) is 0 Å². The molecule has 0 saturated carbocycles. The molecule has 2 N–H and O–H groups in total. The highest BCUT2D eigenvalue weighted by atomic mass is 35.5. The summed E-state index contributed by atoms with van der Waals surface area (Å²) in [6.07, 6.45) is -0.777. The van der Waals surface area contributed by atoms with Gasteiger partial charge in [0.2, 0.25) is 0 Å². The number of halogens is 2. The highest BCUT2D eigenvalue weighted by molar-refractivity contribution is 6.33. The van der Waals surface area contributed by atoms with Crippen LogP contribution in [0.15, 0.2) is 42.5 Å². The summed E-state index contributed by atoms with van der Waals surface area (Å²) in [7, 11) is 0. The third-order valence-electron chi connectivity index (χ3n) is 2.91. The Balaban J connectivity index is 1.84. The number of para-hydroxylation sites is 1. The minimum Gasteiger partial charge on any atom is -0.491 e. The Bertz CT molecular complexity index is 586. The minimum atomic E-state index is -0.777. The third kappa shape index (κ3) is 4.62. The molecule has 0 saturated heterocycles. The van der Waals surface area contributed by atoms with Crippen LogP contribution in [0.4, 0.5) is 10.1 Å². The molecule has 0 bridgehead atoms. The monoisotopic (exact) mass is 309 g/mol. The van der Waals surface area contributed by atoms with Gasteiger partial charge in [0.1, 0.15) is 24.3 Å². The summed E-state index contributed by atoms with van der Waals surface area (Å²) in [6.45, 7) is 2.22. The third-order valence-corrected chi connectivity index (χ3v) is 3.22. The Morgan fingerprint density at radius 1 is 1.29 bits per heavy atom. The van der Waals surface area contributed by atoms with Crippen LogP contribution in [0.3, 0.4) is 0 Å². The summed E-state index contributed by atoms with van der Waals surface area (Å²) in [5, 5.41) is 12.9. The number of aryl methyl sites for hydroxylation is 1. The fourth-order valence-corrected chi connectivity index (χ4v) is 2.07. The first-order valence-electron chi connectivity index (χ1n) is 6.61. The molecule has 3 nitrogen and oxygen atoms in total. The number of aliphatic hydroxyl groups excluding tert-OH is 1. The Labute approximate surface area is 128 Å². The van der Waals surface area contributed by atoms with Crippen LogP contribution < -0.4 is 10.1 Å². The second-order valence-corrected chi connectivity index (χ2v) is 5.17. The van der Waals surface area contributed by atoms with Gasteiger partial charge in [-0.15, -0.1) is 0 Å². The van der Waals surface area contributed by atoms with E-state index in [1.807, 2.05) is 31.2 Å². The molecule has 0 fully saturated rings. The number of hydrogen-bond donors (Lipinski definition) is 2. The lowest BCUT2D eigenvalue weighted by Gasteiger charge is -2.15. The molecule has 112 valence electrons. The summed E-state index contributed by atoms with van der Waals surface area (Å²) in [4.78, 5) is 0. The molecule has 0 aromatic heterocycles. The van der Waals surface area contributed by atoms with Gasteiger partial charge in [0.25, 0.3) is 0 Å². The maximum Gasteiger partial charge on any atom is 0.147 e. The second-order valence-electron chi connectivity index (χ2n) is 4.76. The van der Waals surface area contributed by atoms with Crippen molar-refractivity contribution in [3.05, 3.63) is 58.9 Å². The molecule has 0 heterocycles. The lowest BCUT2D eigenvalue weighted by atomic mass is 10.2. The molecule has 1 atom stereocenters. The van der Waals surface area contributed by atoms with E-state index in [0.29, 0.717) is 5.75 Å². The van der Waals surface area contributed by atoms with Crippen LogP contribution in [0, 0.1) is 12.7 Å². The minimum absolute atomic E-state index is 0.114. The van der Waals surface area contributed by atoms with E-state index in [4.69, 9.17) is 16.3 Å². The molecule has 0 amide bonds. The molecule has 0 aliphatic rings. The van der Waals surface area contributed by atoms with Gasteiger partial charge in [0.05, 0.1) is 10.7 Å². The fraction of sp³-hybridized carbons (Fsp3) is 0.250. The van der Waals surface area contributed by atoms with Crippen molar-refractivity contribution in [3.63, 3.8) is 0 Å². The summed E-state index contributed by atoms with van der Waals surface area (Å²) in [5.41, 5.74) is 1.27. The Hall–Kier alpha value is -1.78. The summed E-state index contributed by atoms with van der Waals surface area (Å²) in [6, 6.07) is 12.0. The first kappa shape index (κ1) is 15.6. The lowest BCUT2D eigenvalue weighted by Crippen LogP contribution is -2.26. The van der Waals surface area contributed by atoms with Crippen molar-refractivity contribution in [3.8, 4) is 5.75 Å². The van der Waals surface area contributed by atoms with Crippen LogP contribution in [-0.2, 0) is 0 Å². The molecular weight excluding hydrogens is 293 g/mol. The van der Waals surface area contributed by atoms with Gasteiger partial charge in [-0.25, -0.2) is 4.39 Å². The van der Waals surface area contributed by atoms with Crippen molar-refractivity contribution in [2.24, 2.45) is 0 Å². The zero-order chi connectivity index (χ0) is 15.2. The van der Waals surface area contributed by atoms with Crippen molar-refractivity contribution in [2.45, 2.75) is 13.0 Å². The van der Waals surface area contributed by atoms with Crippen LogP contribution in [0.5, 0.6) is 5.75 Å². The predicted molar refractivity (Wildman–Crippen MR) is 82.6 cm³/mol. The first-order valence-corrected chi connectivity index (χ1v) is 6.99. The van der Waals surface area contributed by atoms with E-state index in [2.05, 4.69) is 5.32 Å². The Morgan fingerprint density at radius 3 is 2.76 bits per heavy atom. The average molecular weight is 310 g/mol. The normalized spacial score (nSPS) is 12.0. The number of rotatable bonds is 6. The smallest absolute Gasteiger partial charge is 0.147 e. The van der Waals surface area contributed by atoms with Crippen LogP contribution in [0.2, 0.25) is 5.02 Å². The first-order chi connectivity index (χ1) is 10.1. The van der Waals surface area contributed by atoms with Crippen molar-refractivity contribution >= 4 is 17.3 Å². The quantitative estimate of drug-likeness (QED) is 0.856. The maximum atomic E-state index is 13.5. The number of nitrogens with one attached hydrogen (secondary N) is 1. The predicted octanol–water partition coefficient (Wildman–Crippen LogP) is 3.64. The molecule has 5 heteroatoms. The molecular formula is C16H17ClFNO2. The highest BCUT2D eigenvalue weighted by Gasteiger charge is 2.10. The highest BCUT2D eigenvalue weighted by Crippen LogP contribution is 2.24. The van der Waals surface area contributed by atoms with Gasteiger partial charge in [-0.05, 0) is 36.8 Å². The summed E-state index contributed by atoms with van der Waals surface area (Å²) >= 11 is 5.89. The zero-order valence-corrected chi connectivity index (χ0v) is 12.4. The van der Waals surface area contributed by atoms with Crippen molar-refractivity contribution < 1.29 is 14.2 Å². The SMILES string of the molecule is Cc1cccc(OCC(O)CNc2c(F)cccc2Cl)c1. The Morgan fingerprint density at radius 2 is 2.05 bits per heavy atom. The molecule has 0 aliphatic heterocycles. The number of benzene rings is 2. The molecule has 0 spiro atoms. The molecule has 2 aromatic carbocycles. The van der Waals surface area contributed by atoms with Gasteiger partial charge in [-0.2, -0.15) is 0 Å². The lowest BCUT2D eigenvalue weighted by molar-refractivity contribution is 0.117.